The summed E-state index contributed by atoms with van der Waals surface area (Å²) in [6.07, 6.45) is 22.4. The van der Waals surface area contributed by atoms with Crippen LogP contribution in [0.2, 0.25) is 0 Å². The van der Waals surface area contributed by atoms with E-state index in [9.17, 15) is 9.59 Å². The molecule has 0 aromatic heterocycles. The van der Waals surface area contributed by atoms with E-state index in [4.69, 9.17) is 9.57 Å². The maximum absolute atomic E-state index is 12.7. The van der Waals surface area contributed by atoms with Gasteiger partial charge in [-0.15, -0.1) is 5.06 Å². The fourth-order valence-electron chi connectivity index (χ4n) is 6.00. The maximum Gasteiger partial charge on any atom is 0.322 e. The van der Waals surface area contributed by atoms with E-state index in [2.05, 4.69) is 41.5 Å². The maximum atomic E-state index is 12.7. The molecule has 4 atom stereocenters. The Bertz CT molecular complexity index is 638. The first kappa shape index (κ1) is 33.9. The van der Waals surface area contributed by atoms with Crippen molar-refractivity contribution in [1.82, 2.24) is 5.06 Å². The van der Waals surface area contributed by atoms with E-state index >= 15 is 0 Å². The second-order valence-electron chi connectivity index (χ2n) is 12.2. The predicted molar refractivity (Wildman–Crippen MR) is 154 cm³/mol. The molecule has 4 unspecified atom stereocenters. The second-order valence-corrected chi connectivity index (χ2v) is 12.2. The standard InChI is InChI=1S/C32H61NO4/c1-8-11-12-13-14-15-16-17-18-19-20-21-22-23-24-25-30(35)36-29-26-31(6,9-2)33(37-28(5)34)32(7,10-3)27(29)4/h27,29H,8-26H2,1-7H3. The molecule has 1 aliphatic rings. The van der Waals surface area contributed by atoms with Gasteiger partial charge in [-0.3, -0.25) is 9.59 Å². The van der Waals surface area contributed by atoms with Gasteiger partial charge in [0.1, 0.15) is 6.10 Å². The van der Waals surface area contributed by atoms with Crippen molar-refractivity contribution in [3.05, 3.63) is 0 Å². The van der Waals surface area contributed by atoms with Gasteiger partial charge >= 0.3 is 11.9 Å². The zero-order chi connectivity index (χ0) is 27.7. The lowest BCUT2D eigenvalue weighted by Crippen LogP contribution is -2.68. The Morgan fingerprint density at radius 1 is 0.757 bits per heavy atom. The number of hydroxylamine groups is 2. The van der Waals surface area contributed by atoms with Crippen LogP contribution in [0.1, 0.15) is 170 Å². The first-order chi connectivity index (χ1) is 17.6. The van der Waals surface area contributed by atoms with Gasteiger partial charge < -0.3 is 9.57 Å². The largest absolute Gasteiger partial charge is 0.462 e. The molecular formula is C32H61NO4. The third-order valence-corrected chi connectivity index (χ3v) is 9.10. The van der Waals surface area contributed by atoms with Gasteiger partial charge in [-0.05, 0) is 33.1 Å². The van der Waals surface area contributed by atoms with Crippen LogP contribution < -0.4 is 0 Å². The molecule has 1 fully saturated rings. The van der Waals surface area contributed by atoms with Gasteiger partial charge in [0.2, 0.25) is 0 Å². The summed E-state index contributed by atoms with van der Waals surface area (Å²) in [6.45, 7) is 14.3. The molecular weight excluding hydrogens is 462 g/mol. The molecule has 0 N–H and O–H groups in total. The van der Waals surface area contributed by atoms with Crippen LogP contribution in [0.4, 0.5) is 0 Å². The fraction of sp³-hybridized carbons (Fsp3) is 0.938. The number of hydrogen-bond donors (Lipinski definition) is 0. The topological polar surface area (TPSA) is 55.8 Å². The molecule has 1 aliphatic heterocycles. The number of esters is 1. The van der Waals surface area contributed by atoms with E-state index in [-0.39, 0.29) is 35.0 Å². The summed E-state index contributed by atoms with van der Waals surface area (Å²) >= 11 is 0. The molecule has 37 heavy (non-hydrogen) atoms. The van der Waals surface area contributed by atoms with Crippen molar-refractivity contribution in [2.45, 2.75) is 188 Å². The highest BCUT2D eigenvalue weighted by atomic mass is 16.7. The number of carbonyl (C=O) groups is 2. The Morgan fingerprint density at radius 2 is 1.22 bits per heavy atom. The lowest BCUT2D eigenvalue weighted by molar-refractivity contribution is -0.299. The monoisotopic (exact) mass is 523 g/mol. The second kappa shape index (κ2) is 18.2. The van der Waals surface area contributed by atoms with Crippen LogP contribution in [0.3, 0.4) is 0 Å². The predicted octanol–water partition coefficient (Wildman–Crippen LogP) is 9.32. The van der Waals surface area contributed by atoms with E-state index in [1.165, 1.54) is 90.4 Å². The SMILES string of the molecule is CCCCCCCCCCCCCCCCCC(=O)OC1CC(C)(CC)N(OC(C)=O)C(C)(CC)C1C. The van der Waals surface area contributed by atoms with Crippen LogP contribution >= 0.6 is 0 Å². The molecule has 5 heteroatoms. The van der Waals surface area contributed by atoms with Crippen LogP contribution in [0.25, 0.3) is 0 Å². The average molecular weight is 524 g/mol. The molecule has 0 radical (unpaired) electrons. The van der Waals surface area contributed by atoms with Crippen molar-refractivity contribution < 1.29 is 19.2 Å². The van der Waals surface area contributed by atoms with Gasteiger partial charge in [-0.2, -0.15) is 0 Å². The number of hydrogen-bond acceptors (Lipinski definition) is 5. The van der Waals surface area contributed by atoms with Crippen molar-refractivity contribution in [2.24, 2.45) is 5.92 Å². The van der Waals surface area contributed by atoms with Crippen molar-refractivity contribution in [1.29, 1.82) is 0 Å². The van der Waals surface area contributed by atoms with Crippen molar-refractivity contribution in [3.63, 3.8) is 0 Å². The molecule has 0 saturated carbocycles. The van der Waals surface area contributed by atoms with Gasteiger partial charge in [0.05, 0.1) is 11.1 Å². The van der Waals surface area contributed by atoms with Crippen LogP contribution in [-0.2, 0) is 19.2 Å². The van der Waals surface area contributed by atoms with Crippen molar-refractivity contribution in [3.8, 4) is 0 Å². The third-order valence-electron chi connectivity index (χ3n) is 9.10. The Hall–Kier alpha value is -1.10. The molecule has 0 aromatic carbocycles. The first-order valence-electron chi connectivity index (χ1n) is 15.8. The van der Waals surface area contributed by atoms with Gasteiger partial charge in [-0.1, -0.05) is 118 Å². The number of unbranched alkanes of at least 4 members (excludes halogenated alkanes) is 14. The summed E-state index contributed by atoms with van der Waals surface area (Å²) in [5, 5.41) is 1.91. The van der Waals surface area contributed by atoms with Gasteiger partial charge in [0, 0.05) is 25.7 Å². The van der Waals surface area contributed by atoms with E-state index in [1.807, 2.05) is 5.06 Å². The highest BCUT2D eigenvalue weighted by molar-refractivity contribution is 5.69. The normalized spacial score (nSPS) is 26.2. The smallest absolute Gasteiger partial charge is 0.322 e. The molecule has 1 saturated heterocycles. The molecule has 0 aromatic rings. The highest BCUT2D eigenvalue weighted by Gasteiger charge is 2.56. The number of ether oxygens (including phenoxy) is 1. The van der Waals surface area contributed by atoms with Crippen LogP contribution in [0.5, 0.6) is 0 Å². The van der Waals surface area contributed by atoms with E-state index in [0.29, 0.717) is 12.8 Å². The summed E-state index contributed by atoms with van der Waals surface area (Å²) in [6, 6.07) is 0. The summed E-state index contributed by atoms with van der Waals surface area (Å²) in [5.41, 5.74) is -0.739. The fourth-order valence-corrected chi connectivity index (χ4v) is 6.00. The molecule has 5 nitrogen and oxygen atoms in total. The Labute approximate surface area is 229 Å². The molecule has 1 rings (SSSR count). The van der Waals surface area contributed by atoms with E-state index < -0.39 is 0 Å². The van der Waals surface area contributed by atoms with Gasteiger partial charge in [0.25, 0.3) is 0 Å². The Balaban J connectivity index is 2.26. The summed E-state index contributed by atoms with van der Waals surface area (Å²) in [5.74, 6) is -0.305. The van der Waals surface area contributed by atoms with Crippen LogP contribution in [-0.4, -0.2) is 34.2 Å². The highest BCUT2D eigenvalue weighted by Crippen LogP contribution is 2.47. The number of piperidine rings is 1. The molecule has 0 bridgehead atoms. The minimum Gasteiger partial charge on any atom is -0.462 e. The quantitative estimate of drug-likeness (QED) is 0.117. The molecule has 0 amide bonds. The minimum absolute atomic E-state index is 0.0708. The summed E-state index contributed by atoms with van der Waals surface area (Å²) < 4.78 is 6.06. The molecule has 0 spiro atoms. The average Bonchev–Trinajstić information content (AvgIpc) is 2.87. The zero-order valence-corrected chi connectivity index (χ0v) is 25.7. The Kier molecular flexibility index (Phi) is 16.7. The molecule has 0 aliphatic carbocycles. The third kappa shape index (κ3) is 11.7. The van der Waals surface area contributed by atoms with Gasteiger partial charge in [-0.25, -0.2) is 0 Å². The summed E-state index contributed by atoms with van der Waals surface area (Å²) in [7, 11) is 0. The van der Waals surface area contributed by atoms with Gasteiger partial charge in [0.15, 0.2) is 0 Å². The van der Waals surface area contributed by atoms with E-state index in [0.717, 1.165) is 25.7 Å². The summed E-state index contributed by atoms with van der Waals surface area (Å²) in [4.78, 5) is 30.3. The number of carbonyl (C=O) groups excluding carboxylic acids is 2. The van der Waals surface area contributed by atoms with E-state index in [1.54, 1.807) is 0 Å². The Morgan fingerprint density at radius 3 is 1.62 bits per heavy atom. The van der Waals surface area contributed by atoms with Crippen LogP contribution in [0.15, 0.2) is 0 Å². The van der Waals surface area contributed by atoms with Crippen molar-refractivity contribution in [2.75, 3.05) is 0 Å². The number of rotatable bonds is 20. The van der Waals surface area contributed by atoms with Crippen LogP contribution in [0, 0.1) is 5.92 Å². The number of nitrogens with zero attached hydrogens (tertiary/aromatic N) is 1. The zero-order valence-electron chi connectivity index (χ0n) is 25.7. The lowest BCUT2D eigenvalue weighted by atomic mass is 9.69. The lowest BCUT2D eigenvalue weighted by Gasteiger charge is -2.57. The molecule has 218 valence electrons. The minimum atomic E-state index is -0.381. The van der Waals surface area contributed by atoms with Crippen molar-refractivity contribution >= 4 is 11.9 Å². The first-order valence-corrected chi connectivity index (χ1v) is 15.8. The molecule has 1 heterocycles.